The topological polar surface area (TPSA) is 105 Å². The summed E-state index contributed by atoms with van der Waals surface area (Å²) in [6.07, 6.45) is -0.744. The minimum absolute atomic E-state index is 0.0934. The summed E-state index contributed by atoms with van der Waals surface area (Å²) in [5.41, 5.74) is 0.825. The third-order valence-corrected chi connectivity index (χ3v) is 2.35. The third kappa shape index (κ3) is 5.85. The Balaban J connectivity index is 2.30. The van der Waals surface area contributed by atoms with Gasteiger partial charge in [-0.05, 0) is 12.5 Å². The van der Waals surface area contributed by atoms with Gasteiger partial charge >= 0.3 is 12.1 Å². The normalized spacial score (nSPS) is 11.2. The van der Waals surface area contributed by atoms with Crippen molar-refractivity contribution >= 4 is 18.0 Å². The molecule has 0 aliphatic heterocycles. The molecular weight excluding hydrogens is 264 g/mol. The molecule has 0 aromatic heterocycles. The number of alkyl carbamates (subject to hydrolysis) is 1. The van der Waals surface area contributed by atoms with Gasteiger partial charge in [0.05, 0.1) is 0 Å². The summed E-state index contributed by atoms with van der Waals surface area (Å²) in [4.78, 5) is 33.1. The maximum atomic E-state index is 11.4. The molecular formula is C13H16N2O5. The monoisotopic (exact) mass is 280 g/mol. The van der Waals surface area contributed by atoms with Crippen LogP contribution in [0, 0.1) is 0 Å². The van der Waals surface area contributed by atoms with Crippen LogP contribution in [0.3, 0.4) is 0 Å². The molecule has 0 aliphatic rings. The highest BCUT2D eigenvalue weighted by Gasteiger charge is 2.16. The minimum atomic E-state index is -1.16. The standard InChI is InChI=1S/C13H16N2O5/c1-9(12(18)14-7-11(16)17)15-13(19)20-8-10-5-3-2-4-6-10/h2-6,9H,7-8H2,1H3,(H,14,18)(H,15,19)(H,16,17). The molecule has 108 valence electrons. The van der Waals surface area contributed by atoms with Crippen molar-refractivity contribution in [2.45, 2.75) is 19.6 Å². The highest BCUT2D eigenvalue weighted by atomic mass is 16.5. The number of ether oxygens (including phenoxy) is 1. The fraction of sp³-hybridized carbons (Fsp3) is 0.308. The molecule has 0 saturated carbocycles. The van der Waals surface area contributed by atoms with E-state index in [4.69, 9.17) is 9.84 Å². The summed E-state index contributed by atoms with van der Waals surface area (Å²) in [6.45, 7) is 1.03. The van der Waals surface area contributed by atoms with Gasteiger partial charge in [-0.25, -0.2) is 4.79 Å². The summed E-state index contributed by atoms with van der Waals surface area (Å²) in [6, 6.07) is 8.21. The zero-order chi connectivity index (χ0) is 15.0. The van der Waals surface area contributed by atoms with E-state index < -0.39 is 30.6 Å². The second-order valence-corrected chi connectivity index (χ2v) is 4.04. The van der Waals surface area contributed by atoms with E-state index in [1.54, 1.807) is 12.1 Å². The molecule has 0 bridgehead atoms. The number of carboxylic acids is 1. The number of benzene rings is 1. The molecule has 0 saturated heterocycles. The number of nitrogens with one attached hydrogen (secondary N) is 2. The highest BCUT2D eigenvalue weighted by Crippen LogP contribution is 2.00. The van der Waals surface area contributed by atoms with E-state index in [-0.39, 0.29) is 6.61 Å². The average molecular weight is 280 g/mol. The van der Waals surface area contributed by atoms with E-state index in [2.05, 4.69) is 10.6 Å². The lowest BCUT2D eigenvalue weighted by atomic mass is 10.2. The quantitative estimate of drug-likeness (QED) is 0.704. The van der Waals surface area contributed by atoms with E-state index in [0.717, 1.165) is 5.56 Å². The fourth-order valence-corrected chi connectivity index (χ4v) is 1.32. The zero-order valence-electron chi connectivity index (χ0n) is 11.0. The van der Waals surface area contributed by atoms with Crippen LogP contribution in [0.5, 0.6) is 0 Å². The predicted molar refractivity (Wildman–Crippen MR) is 69.9 cm³/mol. The van der Waals surface area contributed by atoms with Gasteiger partial charge in [0, 0.05) is 0 Å². The van der Waals surface area contributed by atoms with E-state index in [0.29, 0.717) is 0 Å². The summed E-state index contributed by atoms with van der Waals surface area (Å²) < 4.78 is 4.93. The number of hydrogen-bond acceptors (Lipinski definition) is 4. The largest absolute Gasteiger partial charge is 0.480 e. The molecule has 0 aliphatic carbocycles. The summed E-state index contributed by atoms with van der Waals surface area (Å²) in [7, 11) is 0. The van der Waals surface area contributed by atoms with Crippen LogP contribution in [-0.2, 0) is 20.9 Å². The van der Waals surface area contributed by atoms with Crippen molar-refractivity contribution in [2.75, 3.05) is 6.54 Å². The van der Waals surface area contributed by atoms with Crippen molar-refractivity contribution in [3.63, 3.8) is 0 Å². The Bertz CT molecular complexity index is 475. The van der Waals surface area contributed by atoms with Gasteiger partial charge in [-0.15, -0.1) is 0 Å². The number of carboxylic acid groups (broad SMARTS) is 1. The first-order valence-corrected chi connectivity index (χ1v) is 5.95. The molecule has 1 aromatic carbocycles. The molecule has 0 radical (unpaired) electrons. The Hall–Kier alpha value is -2.57. The van der Waals surface area contributed by atoms with Gasteiger partial charge in [-0.1, -0.05) is 30.3 Å². The molecule has 1 unspecified atom stereocenters. The molecule has 0 fully saturated rings. The smallest absolute Gasteiger partial charge is 0.408 e. The lowest BCUT2D eigenvalue weighted by molar-refractivity contribution is -0.138. The van der Waals surface area contributed by atoms with E-state index in [1.165, 1.54) is 6.92 Å². The van der Waals surface area contributed by atoms with Crippen LogP contribution >= 0.6 is 0 Å². The minimum Gasteiger partial charge on any atom is -0.480 e. The average Bonchev–Trinajstić information content (AvgIpc) is 2.43. The van der Waals surface area contributed by atoms with Crippen LogP contribution in [0.4, 0.5) is 4.79 Å². The lowest BCUT2D eigenvalue weighted by Gasteiger charge is -2.13. The second-order valence-electron chi connectivity index (χ2n) is 4.04. The van der Waals surface area contributed by atoms with Gasteiger partial charge < -0.3 is 20.5 Å². The van der Waals surface area contributed by atoms with Gasteiger partial charge in [-0.3, -0.25) is 9.59 Å². The van der Waals surface area contributed by atoms with Crippen molar-refractivity contribution in [3.05, 3.63) is 35.9 Å². The zero-order valence-corrected chi connectivity index (χ0v) is 11.0. The van der Waals surface area contributed by atoms with Crippen molar-refractivity contribution in [1.29, 1.82) is 0 Å². The third-order valence-electron chi connectivity index (χ3n) is 2.35. The Kier molecular flexibility index (Phi) is 6.02. The number of aliphatic carboxylic acids is 1. The van der Waals surface area contributed by atoms with Crippen LogP contribution in [0.15, 0.2) is 30.3 Å². The van der Waals surface area contributed by atoms with Crippen LogP contribution in [0.25, 0.3) is 0 Å². The number of hydrogen-bond donors (Lipinski definition) is 3. The summed E-state index contributed by atoms with van der Waals surface area (Å²) >= 11 is 0. The van der Waals surface area contributed by atoms with Gasteiger partial charge in [0.25, 0.3) is 0 Å². The highest BCUT2D eigenvalue weighted by molar-refractivity contribution is 5.87. The van der Waals surface area contributed by atoms with E-state index in [9.17, 15) is 14.4 Å². The number of rotatable bonds is 6. The Morgan fingerprint density at radius 3 is 2.50 bits per heavy atom. The molecule has 1 atom stereocenters. The van der Waals surface area contributed by atoms with Crippen molar-refractivity contribution < 1.29 is 24.2 Å². The van der Waals surface area contributed by atoms with E-state index >= 15 is 0 Å². The maximum absolute atomic E-state index is 11.4. The first-order valence-electron chi connectivity index (χ1n) is 5.95. The van der Waals surface area contributed by atoms with Gasteiger partial charge in [0.2, 0.25) is 5.91 Å². The fourth-order valence-electron chi connectivity index (χ4n) is 1.32. The lowest BCUT2D eigenvalue weighted by Crippen LogP contribution is -2.46. The van der Waals surface area contributed by atoms with Crippen molar-refractivity contribution in [1.82, 2.24) is 10.6 Å². The van der Waals surface area contributed by atoms with E-state index in [1.807, 2.05) is 18.2 Å². The second kappa shape index (κ2) is 7.78. The molecule has 1 rings (SSSR count). The van der Waals surface area contributed by atoms with Crippen LogP contribution in [0.2, 0.25) is 0 Å². The van der Waals surface area contributed by atoms with Gasteiger partial charge in [0.1, 0.15) is 19.2 Å². The summed E-state index contributed by atoms with van der Waals surface area (Å²) in [5.74, 6) is -1.75. The maximum Gasteiger partial charge on any atom is 0.408 e. The predicted octanol–water partition coefficient (Wildman–Crippen LogP) is 0.502. The summed E-state index contributed by atoms with van der Waals surface area (Å²) in [5, 5.41) is 12.9. The number of carbonyl (C=O) groups excluding carboxylic acids is 2. The van der Waals surface area contributed by atoms with Crippen molar-refractivity contribution in [3.8, 4) is 0 Å². The first kappa shape index (κ1) is 15.5. The van der Waals surface area contributed by atoms with Crippen molar-refractivity contribution in [2.24, 2.45) is 0 Å². The molecule has 7 nitrogen and oxygen atoms in total. The Morgan fingerprint density at radius 1 is 1.25 bits per heavy atom. The molecule has 7 heteroatoms. The molecule has 0 heterocycles. The number of carbonyl (C=O) groups is 3. The van der Waals surface area contributed by atoms with Gasteiger partial charge in [-0.2, -0.15) is 0 Å². The first-order chi connectivity index (χ1) is 9.49. The van der Waals surface area contributed by atoms with Crippen LogP contribution in [0.1, 0.15) is 12.5 Å². The van der Waals surface area contributed by atoms with Gasteiger partial charge in [0.15, 0.2) is 0 Å². The van der Waals surface area contributed by atoms with Crippen LogP contribution < -0.4 is 10.6 Å². The Labute approximate surface area is 115 Å². The Morgan fingerprint density at radius 2 is 1.90 bits per heavy atom. The SMILES string of the molecule is CC(NC(=O)OCc1ccccc1)C(=O)NCC(=O)O. The number of amides is 2. The van der Waals surface area contributed by atoms with Crippen LogP contribution in [-0.4, -0.2) is 35.7 Å². The molecule has 3 N–H and O–H groups in total. The molecule has 0 spiro atoms. The molecule has 20 heavy (non-hydrogen) atoms. The molecule has 2 amide bonds. The molecule has 1 aromatic rings.